The highest BCUT2D eigenvalue weighted by Gasteiger charge is 2.43. The SMILES string of the molecule is CN1CCCC[C@@H]2[C@H]1[C@@H](c1ccccc1)CCN2C(=O)Cc1ccccn1. The van der Waals surface area contributed by atoms with Crippen LogP contribution in [0.2, 0.25) is 0 Å². The van der Waals surface area contributed by atoms with E-state index in [0.29, 0.717) is 24.4 Å². The molecule has 27 heavy (non-hydrogen) atoms. The summed E-state index contributed by atoms with van der Waals surface area (Å²) in [6, 6.07) is 17.4. The van der Waals surface area contributed by atoms with E-state index >= 15 is 0 Å². The van der Waals surface area contributed by atoms with Gasteiger partial charge in [-0.3, -0.25) is 9.78 Å². The summed E-state index contributed by atoms with van der Waals surface area (Å²) in [6.45, 7) is 1.97. The molecule has 2 aromatic rings. The predicted molar refractivity (Wildman–Crippen MR) is 108 cm³/mol. The van der Waals surface area contributed by atoms with E-state index in [4.69, 9.17) is 0 Å². The molecule has 4 nitrogen and oxygen atoms in total. The molecule has 0 N–H and O–H groups in total. The van der Waals surface area contributed by atoms with Gasteiger partial charge in [0.15, 0.2) is 0 Å². The molecule has 0 radical (unpaired) electrons. The van der Waals surface area contributed by atoms with Crippen molar-refractivity contribution in [1.29, 1.82) is 0 Å². The number of likely N-dealkylation sites (N-methyl/N-ethyl adjacent to an activating group) is 1. The van der Waals surface area contributed by atoms with Crippen LogP contribution in [-0.2, 0) is 11.2 Å². The molecule has 0 unspecified atom stereocenters. The summed E-state index contributed by atoms with van der Waals surface area (Å²) in [6.07, 6.45) is 6.72. The van der Waals surface area contributed by atoms with E-state index in [-0.39, 0.29) is 5.91 Å². The Kier molecular flexibility index (Phi) is 5.53. The van der Waals surface area contributed by atoms with Crippen molar-refractivity contribution in [2.24, 2.45) is 0 Å². The van der Waals surface area contributed by atoms with Gasteiger partial charge >= 0.3 is 0 Å². The van der Waals surface area contributed by atoms with E-state index in [1.165, 1.54) is 18.4 Å². The first kappa shape index (κ1) is 18.2. The van der Waals surface area contributed by atoms with Gasteiger partial charge in [0, 0.05) is 36.4 Å². The Balaban J connectivity index is 1.59. The average Bonchev–Trinajstić information content (AvgIpc) is 2.91. The highest BCUT2D eigenvalue weighted by atomic mass is 16.2. The Morgan fingerprint density at radius 3 is 2.63 bits per heavy atom. The van der Waals surface area contributed by atoms with Crippen molar-refractivity contribution in [3.63, 3.8) is 0 Å². The molecule has 1 aromatic carbocycles. The van der Waals surface area contributed by atoms with Gasteiger partial charge in [0.1, 0.15) is 0 Å². The van der Waals surface area contributed by atoms with Gasteiger partial charge in [-0.1, -0.05) is 42.8 Å². The zero-order valence-corrected chi connectivity index (χ0v) is 16.1. The van der Waals surface area contributed by atoms with Crippen LogP contribution in [0.15, 0.2) is 54.7 Å². The van der Waals surface area contributed by atoms with Crippen molar-refractivity contribution in [3.05, 3.63) is 66.0 Å². The average molecular weight is 364 g/mol. The normalized spacial score (nSPS) is 26.3. The molecule has 1 aromatic heterocycles. The van der Waals surface area contributed by atoms with Crippen molar-refractivity contribution in [2.75, 3.05) is 20.1 Å². The van der Waals surface area contributed by atoms with Crippen LogP contribution in [0, 0.1) is 0 Å². The lowest BCUT2D eigenvalue weighted by atomic mass is 9.79. The van der Waals surface area contributed by atoms with E-state index < -0.39 is 0 Å². The van der Waals surface area contributed by atoms with Crippen LogP contribution in [0.4, 0.5) is 0 Å². The smallest absolute Gasteiger partial charge is 0.228 e. The predicted octanol–water partition coefficient (Wildman–Crippen LogP) is 3.49. The van der Waals surface area contributed by atoms with Gasteiger partial charge in [0.05, 0.1) is 6.42 Å². The minimum Gasteiger partial charge on any atom is -0.338 e. The molecule has 142 valence electrons. The Morgan fingerprint density at radius 2 is 1.85 bits per heavy atom. The quantitative estimate of drug-likeness (QED) is 0.837. The number of carbonyl (C=O) groups is 1. The van der Waals surface area contributed by atoms with Crippen molar-refractivity contribution in [2.45, 2.75) is 50.1 Å². The number of nitrogens with zero attached hydrogens (tertiary/aromatic N) is 3. The number of amides is 1. The molecule has 0 saturated carbocycles. The van der Waals surface area contributed by atoms with Gasteiger partial charge in [-0.15, -0.1) is 0 Å². The summed E-state index contributed by atoms with van der Waals surface area (Å²) in [5.41, 5.74) is 2.28. The Morgan fingerprint density at radius 1 is 1.04 bits per heavy atom. The molecule has 4 heteroatoms. The maximum absolute atomic E-state index is 13.2. The lowest BCUT2D eigenvalue weighted by Crippen LogP contribution is -2.58. The van der Waals surface area contributed by atoms with Crippen molar-refractivity contribution in [3.8, 4) is 0 Å². The lowest BCUT2D eigenvalue weighted by Gasteiger charge is -2.48. The van der Waals surface area contributed by atoms with Crippen LogP contribution in [0.3, 0.4) is 0 Å². The minimum absolute atomic E-state index is 0.227. The van der Waals surface area contributed by atoms with Gasteiger partial charge in [-0.25, -0.2) is 0 Å². The molecule has 1 amide bonds. The van der Waals surface area contributed by atoms with Crippen LogP contribution < -0.4 is 0 Å². The van der Waals surface area contributed by atoms with E-state index in [9.17, 15) is 4.79 Å². The molecule has 4 rings (SSSR count). The number of aromatic nitrogens is 1. The molecule has 0 spiro atoms. The topological polar surface area (TPSA) is 36.4 Å². The molecular weight excluding hydrogens is 334 g/mol. The summed E-state index contributed by atoms with van der Waals surface area (Å²) < 4.78 is 0. The molecule has 3 atom stereocenters. The van der Waals surface area contributed by atoms with Gasteiger partial charge in [0.25, 0.3) is 0 Å². The highest BCUT2D eigenvalue weighted by molar-refractivity contribution is 5.79. The highest BCUT2D eigenvalue weighted by Crippen LogP contribution is 2.38. The maximum atomic E-state index is 13.2. The van der Waals surface area contributed by atoms with Crippen molar-refractivity contribution in [1.82, 2.24) is 14.8 Å². The third-order valence-corrected chi connectivity index (χ3v) is 6.26. The third kappa shape index (κ3) is 3.91. The van der Waals surface area contributed by atoms with E-state index in [1.807, 2.05) is 18.2 Å². The number of benzene rings is 1. The zero-order chi connectivity index (χ0) is 18.6. The summed E-state index contributed by atoms with van der Waals surface area (Å²) in [7, 11) is 2.24. The standard InChI is InChI=1S/C23H29N3O/c1-25-15-8-6-12-21-23(25)20(18-9-3-2-4-10-18)13-16-26(21)22(27)17-19-11-5-7-14-24-19/h2-5,7,9-11,14,20-21,23H,6,8,12-13,15-17H2,1H3/t20-,21-,23-/m1/s1. The number of pyridine rings is 1. The number of fused-ring (bicyclic) bond motifs is 1. The number of likely N-dealkylation sites (tertiary alicyclic amines) is 2. The minimum atomic E-state index is 0.227. The number of carbonyl (C=O) groups excluding carboxylic acids is 1. The summed E-state index contributed by atoms with van der Waals surface area (Å²) >= 11 is 0. The van der Waals surface area contributed by atoms with Gasteiger partial charge in [-0.2, -0.15) is 0 Å². The maximum Gasteiger partial charge on any atom is 0.228 e. The molecule has 2 aliphatic heterocycles. The Bertz CT molecular complexity index is 749. The first-order chi connectivity index (χ1) is 13.2. The molecule has 2 fully saturated rings. The second kappa shape index (κ2) is 8.22. The molecular formula is C23H29N3O. The van der Waals surface area contributed by atoms with E-state index in [2.05, 4.69) is 52.2 Å². The number of hydrogen-bond acceptors (Lipinski definition) is 3. The van der Waals surface area contributed by atoms with Gasteiger partial charge in [0.2, 0.25) is 5.91 Å². The van der Waals surface area contributed by atoms with Crippen LogP contribution in [0.5, 0.6) is 0 Å². The molecule has 0 aliphatic carbocycles. The molecule has 0 bridgehead atoms. The van der Waals surface area contributed by atoms with E-state index in [1.54, 1.807) is 6.20 Å². The summed E-state index contributed by atoms with van der Waals surface area (Å²) in [4.78, 5) is 22.2. The summed E-state index contributed by atoms with van der Waals surface area (Å²) in [5, 5.41) is 0. The molecule has 3 heterocycles. The fraction of sp³-hybridized carbons (Fsp3) is 0.478. The number of piperidine rings is 1. The zero-order valence-electron chi connectivity index (χ0n) is 16.1. The summed E-state index contributed by atoms with van der Waals surface area (Å²) in [5.74, 6) is 0.726. The lowest BCUT2D eigenvalue weighted by molar-refractivity contribution is -0.136. The second-order valence-electron chi connectivity index (χ2n) is 7.93. The first-order valence-electron chi connectivity index (χ1n) is 10.2. The van der Waals surface area contributed by atoms with Crippen LogP contribution in [0.1, 0.15) is 42.9 Å². The number of rotatable bonds is 3. The monoisotopic (exact) mass is 363 g/mol. The molecule has 2 saturated heterocycles. The Labute approximate surface area is 162 Å². The van der Waals surface area contributed by atoms with Gasteiger partial charge < -0.3 is 9.80 Å². The Hall–Kier alpha value is -2.20. The third-order valence-electron chi connectivity index (χ3n) is 6.26. The van der Waals surface area contributed by atoms with Gasteiger partial charge in [-0.05, 0) is 50.6 Å². The largest absolute Gasteiger partial charge is 0.338 e. The second-order valence-corrected chi connectivity index (χ2v) is 7.93. The van der Waals surface area contributed by atoms with Crippen molar-refractivity contribution < 1.29 is 4.79 Å². The van der Waals surface area contributed by atoms with Crippen LogP contribution >= 0.6 is 0 Å². The fourth-order valence-electron chi connectivity index (χ4n) is 4.99. The van der Waals surface area contributed by atoms with E-state index in [0.717, 1.165) is 31.6 Å². The fourth-order valence-corrected chi connectivity index (χ4v) is 4.99. The first-order valence-corrected chi connectivity index (χ1v) is 10.2. The van der Waals surface area contributed by atoms with Crippen LogP contribution in [0.25, 0.3) is 0 Å². The number of hydrogen-bond donors (Lipinski definition) is 0. The molecule has 2 aliphatic rings. The van der Waals surface area contributed by atoms with Crippen molar-refractivity contribution >= 4 is 5.91 Å². The van der Waals surface area contributed by atoms with Crippen LogP contribution in [-0.4, -0.2) is 52.9 Å².